The minimum atomic E-state index is -4.57. The number of hydrogen-bond donors (Lipinski definition) is 3. The molecule has 26 heavy (non-hydrogen) atoms. The van der Waals surface area contributed by atoms with Crippen molar-refractivity contribution in [2.75, 3.05) is 20.2 Å². The predicted octanol–water partition coefficient (Wildman–Crippen LogP) is -0.443. The van der Waals surface area contributed by atoms with E-state index in [-0.39, 0.29) is 6.54 Å². The van der Waals surface area contributed by atoms with Crippen LogP contribution in [-0.4, -0.2) is 50.3 Å². The Bertz CT molecular complexity index is 694. The first-order valence-electron chi connectivity index (χ1n) is 7.83. The SMILES string of the molecule is COC(=O)[C@H]1Cc2ccccc2C[NH+]1CC(=O)NC(=O)NCC(F)(F)F. The molecule has 1 unspecified atom stereocenters. The predicted molar refractivity (Wildman–Crippen MR) is 83.1 cm³/mol. The maximum Gasteiger partial charge on any atom is 0.405 e. The van der Waals surface area contributed by atoms with Gasteiger partial charge in [-0.3, -0.25) is 10.1 Å². The fourth-order valence-electron chi connectivity index (χ4n) is 2.84. The van der Waals surface area contributed by atoms with E-state index < -0.39 is 36.7 Å². The molecule has 0 aliphatic carbocycles. The monoisotopic (exact) mass is 374 g/mol. The number of urea groups is 1. The Morgan fingerprint density at radius 2 is 1.88 bits per heavy atom. The molecule has 1 heterocycles. The summed E-state index contributed by atoms with van der Waals surface area (Å²) in [5.74, 6) is -1.28. The van der Waals surface area contributed by atoms with Gasteiger partial charge in [0.25, 0.3) is 5.91 Å². The minimum Gasteiger partial charge on any atom is -0.465 e. The molecule has 0 fully saturated rings. The van der Waals surface area contributed by atoms with E-state index in [2.05, 4.69) is 0 Å². The van der Waals surface area contributed by atoms with Gasteiger partial charge in [0.1, 0.15) is 13.1 Å². The lowest BCUT2D eigenvalue weighted by atomic mass is 9.94. The lowest BCUT2D eigenvalue weighted by Crippen LogP contribution is -3.17. The van der Waals surface area contributed by atoms with Crippen LogP contribution in [0.25, 0.3) is 0 Å². The summed E-state index contributed by atoms with van der Waals surface area (Å²) in [7, 11) is 1.24. The molecule has 1 aromatic carbocycles. The second kappa shape index (κ2) is 8.17. The first kappa shape index (κ1) is 19.7. The van der Waals surface area contributed by atoms with Crippen LogP contribution in [0.1, 0.15) is 11.1 Å². The van der Waals surface area contributed by atoms with Crippen LogP contribution in [0, 0.1) is 0 Å². The third kappa shape index (κ3) is 5.45. The van der Waals surface area contributed by atoms with Crippen LogP contribution < -0.4 is 15.5 Å². The van der Waals surface area contributed by atoms with Gasteiger partial charge < -0.3 is 15.0 Å². The van der Waals surface area contributed by atoms with Crippen LogP contribution in [-0.2, 0) is 27.3 Å². The molecule has 0 bridgehead atoms. The van der Waals surface area contributed by atoms with Crippen molar-refractivity contribution in [1.29, 1.82) is 0 Å². The van der Waals surface area contributed by atoms with Crippen LogP contribution in [0.5, 0.6) is 0 Å². The third-order valence-electron chi connectivity index (χ3n) is 4.03. The number of esters is 1. The van der Waals surface area contributed by atoms with Gasteiger partial charge in [0, 0.05) is 12.0 Å². The summed E-state index contributed by atoms with van der Waals surface area (Å²) < 4.78 is 41.0. The first-order chi connectivity index (χ1) is 12.2. The molecule has 0 saturated carbocycles. The number of fused-ring (bicyclic) bond motifs is 1. The number of halogens is 3. The van der Waals surface area contributed by atoms with Crippen molar-refractivity contribution in [1.82, 2.24) is 10.6 Å². The highest BCUT2D eigenvalue weighted by Gasteiger charge is 2.37. The number of imide groups is 1. The third-order valence-corrected chi connectivity index (χ3v) is 4.03. The van der Waals surface area contributed by atoms with Gasteiger partial charge in [-0.2, -0.15) is 13.2 Å². The van der Waals surface area contributed by atoms with Crippen LogP contribution >= 0.6 is 0 Å². The van der Waals surface area contributed by atoms with Gasteiger partial charge in [0.2, 0.25) is 0 Å². The quantitative estimate of drug-likeness (QED) is 0.624. The summed E-state index contributed by atoms with van der Waals surface area (Å²) in [6.45, 7) is -1.44. The lowest BCUT2D eigenvalue weighted by molar-refractivity contribution is -0.924. The number of hydrogen-bond acceptors (Lipinski definition) is 4. The van der Waals surface area contributed by atoms with Crippen molar-refractivity contribution in [2.24, 2.45) is 0 Å². The molecule has 1 aliphatic heterocycles. The molecule has 142 valence electrons. The van der Waals surface area contributed by atoms with E-state index in [4.69, 9.17) is 4.74 Å². The van der Waals surface area contributed by atoms with Crippen molar-refractivity contribution in [3.63, 3.8) is 0 Å². The van der Waals surface area contributed by atoms with Crippen molar-refractivity contribution in [3.8, 4) is 0 Å². The molecule has 7 nitrogen and oxygen atoms in total. The molecule has 0 aromatic heterocycles. The standard InChI is InChI=1S/C16H18F3N3O4/c1-26-14(24)12-6-10-4-2-3-5-11(10)7-22(12)8-13(23)21-15(25)20-9-16(17,18)19/h2-5,12H,6-9H2,1H3,(H2,20,21,23,25)/p+1/t12-/m1/s1. The Labute approximate surface area is 147 Å². The molecule has 0 radical (unpaired) electrons. The second-order valence-corrected chi connectivity index (χ2v) is 5.91. The number of quaternary nitrogens is 1. The van der Waals surface area contributed by atoms with E-state index >= 15 is 0 Å². The molecule has 2 atom stereocenters. The van der Waals surface area contributed by atoms with Crippen molar-refractivity contribution in [2.45, 2.75) is 25.2 Å². The molecule has 1 aliphatic rings. The van der Waals surface area contributed by atoms with Crippen LogP contribution in [0.4, 0.5) is 18.0 Å². The van der Waals surface area contributed by atoms with E-state index in [1.165, 1.54) is 7.11 Å². The largest absolute Gasteiger partial charge is 0.465 e. The molecule has 10 heteroatoms. The average Bonchev–Trinajstić information content (AvgIpc) is 2.58. The molecule has 1 aromatic rings. The van der Waals surface area contributed by atoms with Gasteiger partial charge in [0.05, 0.1) is 7.11 Å². The summed E-state index contributed by atoms with van der Waals surface area (Å²) in [5, 5.41) is 3.39. The van der Waals surface area contributed by atoms with Gasteiger partial charge >= 0.3 is 18.2 Å². The summed E-state index contributed by atoms with van der Waals surface area (Å²) in [6, 6.07) is 5.55. The fourth-order valence-corrected chi connectivity index (χ4v) is 2.84. The molecule has 0 saturated heterocycles. The zero-order valence-electron chi connectivity index (χ0n) is 14.0. The van der Waals surface area contributed by atoms with Gasteiger partial charge in [-0.05, 0) is 5.56 Å². The topological polar surface area (TPSA) is 88.9 Å². The normalized spacial score (nSPS) is 19.2. The van der Waals surface area contributed by atoms with Crippen molar-refractivity contribution < 1.29 is 37.2 Å². The van der Waals surface area contributed by atoms with E-state index in [0.717, 1.165) is 11.1 Å². The zero-order valence-corrected chi connectivity index (χ0v) is 14.0. The van der Waals surface area contributed by atoms with Crippen LogP contribution in [0.15, 0.2) is 24.3 Å². The molecule has 3 amide bonds. The Morgan fingerprint density at radius 1 is 1.23 bits per heavy atom. The summed E-state index contributed by atoms with van der Waals surface area (Å²) in [6.07, 6.45) is -4.20. The molecular formula is C16H19F3N3O4+. The second-order valence-electron chi connectivity index (χ2n) is 5.91. The van der Waals surface area contributed by atoms with Crippen LogP contribution in [0.3, 0.4) is 0 Å². The summed E-state index contributed by atoms with van der Waals surface area (Å²) in [4.78, 5) is 35.9. The first-order valence-corrected chi connectivity index (χ1v) is 7.83. The Balaban J connectivity index is 2.00. The van der Waals surface area contributed by atoms with E-state index in [0.29, 0.717) is 17.9 Å². The summed E-state index contributed by atoms with van der Waals surface area (Å²) >= 11 is 0. The number of amides is 3. The molecule has 0 spiro atoms. The number of carbonyl (C=O) groups is 3. The van der Waals surface area contributed by atoms with Gasteiger partial charge in [0.15, 0.2) is 12.6 Å². The van der Waals surface area contributed by atoms with E-state index in [1.807, 2.05) is 29.6 Å². The smallest absolute Gasteiger partial charge is 0.405 e. The Morgan fingerprint density at radius 3 is 2.50 bits per heavy atom. The Kier molecular flexibility index (Phi) is 6.19. The number of rotatable bonds is 4. The average molecular weight is 374 g/mol. The Hall–Kier alpha value is -2.62. The summed E-state index contributed by atoms with van der Waals surface area (Å²) in [5.41, 5.74) is 1.92. The maximum atomic E-state index is 12.1. The number of methoxy groups -OCH3 is 1. The molecule has 2 rings (SSSR count). The fraction of sp³-hybridized carbons (Fsp3) is 0.438. The van der Waals surface area contributed by atoms with Gasteiger partial charge in [-0.25, -0.2) is 9.59 Å². The minimum absolute atomic E-state index is 0.256. The van der Waals surface area contributed by atoms with Crippen molar-refractivity contribution in [3.05, 3.63) is 35.4 Å². The number of carbonyl (C=O) groups excluding carboxylic acids is 3. The van der Waals surface area contributed by atoms with E-state index in [9.17, 15) is 27.6 Å². The highest BCUT2D eigenvalue weighted by atomic mass is 19.4. The van der Waals surface area contributed by atoms with Gasteiger partial charge in [-0.1, -0.05) is 24.3 Å². The van der Waals surface area contributed by atoms with Crippen LogP contribution in [0.2, 0.25) is 0 Å². The molecular weight excluding hydrogens is 355 g/mol. The molecule has 3 N–H and O–H groups in total. The number of ether oxygens (including phenoxy) is 1. The lowest BCUT2D eigenvalue weighted by Gasteiger charge is -2.31. The van der Waals surface area contributed by atoms with E-state index in [1.54, 1.807) is 5.32 Å². The number of benzene rings is 1. The highest BCUT2D eigenvalue weighted by Crippen LogP contribution is 2.14. The zero-order chi connectivity index (χ0) is 19.3. The van der Waals surface area contributed by atoms with Crippen molar-refractivity contribution >= 4 is 17.9 Å². The highest BCUT2D eigenvalue weighted by molar-refractivity contribution is 5.94. The number of nitrogens with one attached hydrogen (secondary N) is 3. The maximum absolute atomic E-state index is 12.1. The van der Waals surface area contributed by atoms with Gasteiger partial charge in [-0.15, -0.1) is 0 Å². The number of alkyl halides is 3.